The van der Waals surface area contributed by atoms with Crippen molar-refractivity contribution in [2.45, 2.75) is 13.3 Å². The highest BCUT2D eigenvalue weighted by Gasteiger charge is 2.15. The van der Waals surface area contributed by atoms with Crippen LogP contribution in [0, 0.1) is 0 Å². The standard InChI is InChI=1S/C17H16BrClN2O2/c1-12(22)21(16-8-3-2-7-15(16)19)10-9-17(23)20-14-6-4-5-13(18)11-14/h2-8,11H,9-10H2,1H3,(H,20,23). The van der Waals surface area contributed by atoms with Gasteiger partial charge in [-0.1, -0.05) is 45.7 Å². The SMILES string of the molecule is CC(=O)N(CCC(=O)Nc1cccc(Br)c1)c1ccccc1Cl. The van der Waals surface area contributed by atoms with Crippen LogP contribution >= 0.6 is 27.5 Å². The topological polar surface area (TPSA) is 49.4 Å². The van der Waals surface area contributed by atoms with Crippen molar-refractivity contribution in [3.05, 3.63) is 58.0 Å². The molecule has 0 aliphatic heterocycles. The zero-order chi connectivity index (χ0) is 16.8. The van der Waals surface area contributed by atoms with Crippen LogP contribution in [0.1, 0.15) is 13.3 Å². The molecule has 2 aromatic carbocycles. The van der Waals surface area contributed by atoms with Gasteiger partial charge in [-0.25, -0.2) is 0 Å². The molecule has 0 spiro atoms. The molecule has 2 amide bonds. The molecule has 0 aliphatic carbocycles. The lowest BCUT2D eigenvalue weighted by Gasteiger charge is -2.22. The fraction of sp³-hybridized carbons (Fsp3) is 0.176. The summed E-state index contributed by atoms with van der Waals surface area (Å²) >= 11 is 9.48. The van der Waals surface area contributed by atoms with Gasteiger partial charge in [0.15, 0.2) is 0 Å². The van der Waals surface area contributed by atoms with Crippen LogP contribution in [-0.2, 0) is 9.59 Å². The Labute approximate surface area is 148 Å². The molecule has 120 valence electrons. The molecule has 4 nitrogen and oxygen atoms in total. The molecule has 23 heavy (non-hydrogen) atoms. The van der Waals surface area contributed by atoms with Gasteiger partial charge < -0.3 is 10.2 Å². The van der Waals surface area contributed by atoms with E-state index in [0.717, 1.165) is 4.47 Å². The maximum Gasteiger partial charge on any atom is 0.226 e. The molecule has 0 saturated carbocycles. The van der Waals surface area contributed by atoms with E-state index in [9.17, 15) is 9.59 Å². The number of rotatable bonds is 5. The highest BCUT2D eigenvalue weighted by Crippen LogP contribution is 2.25. The predicted molar refractivity (Wildman–Crippen MR) is 96.9 cm³/mol. The summed E-state index contributed by atoms with van der Waals surface area (Å²) in [6.45, 7) is 1.72. The van der Waals surface area contributed by atoms with E-state index >= 15 is 0 Å². The van der Waals surface area contributed by atoms with Crippen molar-refractivity contribution in [3.63, 3.8) is 0 Å². The first-order chi connectivity index (χ1) is 11.0. The van der Waals surface area contributed by atoms with Gasteiger partial charge >= 0.3 is 0 Å². The van der Waals surface area contributed by atoms with Gasteiger partial charge in [0.2, 0.25) is 11.8 Å². The van der Waals surface area contributed by atoms with Crippen LogP contribution in [0.3, 0.4) is 0 Å². The average molecular weight is 396 g/mol. The molecule has 0 unspecified atom stereocenters. The Morgan fingerprint density at radius 1 is 1.17 bits per heavy atom. The van der Waals surface area contributed by atoms with Crippen molar-refractivity contribution >= 4 is 50.7 Å². The van der Waals surface area contributed by atoms with Crippen molar-refractivity contribution in [1.29, 1.82) is 0 Å². The average Bonchev–Trinajstić information content (AvgIpc) is 2.49. The molecule has 2 rings (SSSR count). The lowest BCUT2D eigenvalue weighted by atomic mass is 10.2. The maximum absolute atomic E-state index is 12.1. The minimum absolute atomic E-state index is 0.159. The Bertz CT molecular complexity index is 721. The molecule has 1 N–H and O–H groups in total. The first-order valence-electron chi connectivity index (χ1n) is 7.05. The molecule has 2 aromatic rings. The van der Waals surface area contributed by atoms with Crippen molar-refractivity contribution < 1.29 is 9.59 Å². The number of amides is 2. The van der Waals surface area contributed by atoms with Crippen LogP contribution in [-0.4, -0.2) is 18.4 Å². The number of benzene rings is 2. The van der Waals surface area contributed by atoms with E-state index in [0.29, 0.717) is 16.4 Å². The van der Waals surface area contributed by atoms with Crippen LogP contribution < -0.4 is 10.2 Å². The summed E-state index contributed by atoms with van der Waals surface area (Å²) in [4.78, 5) is 25.4. The number of hydrogen-bond donors (Lipinski definition) is 1. The summed E-state index contributed by atoms with van der Waals surface area (Å²) in [6, 6.07) is 14.4. The Kier molecular flexibility index (Phi) is 6.19. The van der Waals surface area contributed by atoms with Crippen LogP contribution in [0.4, 0.5) is 11.4 Å². The summed E-state index contributed by atoms with van der Waals surface area (Å²) in [5.74, 6) is -0.324. The van der Waals surface area contributed by atoms with E-state index in [1.54, 1.807) is 30.3 Å². The molecule has 0 radical (unpaired) electrons. The summed E-state index contributed by atoms with van der Waals surface area (Å²) in [7, 11) is 0. The number of halogens is 2. The fourth-order valence-corrected chi connectivity index (χ4v) is 2.76. The van der Waals surface area contributed by atoms with Crippen LogP contribution in [0.25, 0.3) is 0 Å². The minimum Gasteiger partial charge on any atom is -0.326 e. The van der Waals surface area contributed by atoms with Gasteiger partial charge in [-0.15, -0.1) is 0 Å². The summed E-state index contributed by atoms with van der Waals surface area (Å²) in [5.41, 5.74) is 1.31. The van der Waals surface area contributed by atoms with E-state index in [2.05, 4.69) is 21.2 Å². The zero-order valence-corrected chi connectivity index (χ0v) is 14.9. The lowest BCUT2D eigenvalue weighted by Crippen LogP contribution is -2.32. The number of carbonyl (C=O) groups is 2. The number of carbonyl (C=O) groups excluding carboxylic acids is 2. The van der Waals surface area contributed by atoms with Gasteiger partial charge in [0.25, 0.3) is 0 Å². The van der Waals surface area contributed by atoms with Gasteiger partial charge in [0.1, 0.15) is 0 Å². The third-order valence-electron chi connectivity index (χ3n) is 3.19. The van der Waals surface area contributed by atoms with Crippen molar-refractivity contribution in [2.75, 3.05) is 16.8 Å². The quantitative estimate of drug-likeness (QED) is 0.811. The Morgan fingerprint density at radius 2 is 1.91 bits per heavy atom. The first-order valence-corrected chi connectivity index (χ1v) is 8.22. The van der Waals surface area contributed by atoms with Gasteiger partial charge in [0.05, 0.1) is 10.7 Å². The van der Waals surface area contributed by atoms with Crippen molar-refractivity contribution in [1.82, 2.24) is 0 Å². The van der Waals surface area contributed by atoms with E-state index in [1.807, 2.05) is 18.2 Å². The van der Waals surface area contributed by atoms with Crippen LogP contribution in [0.15, 0.2) is 53.0 Å². The highest BCUT2D eigenvalue weighted by atomic mass is 79.9. The Hall–Kier alpha value is -1.85. The Morgan fingerprint density at radius 3 is 2.57 bits per heavy atom. The Balaban J connectivity index is 2.00. The van der Waals surface area contributed by atoms with E-state index in [4.69, 9.17) is 11.6 Å². The van der Waals surface area contributed by atoms with Gasteiger partial charge in [-0.2, -0.15) is 0 Å². The molecule has 0 atom stereocenters. The second-order valence-electron chi connectivity index (χ2n) is 4.93. The number of para-hydroxylation sites is 1. The third-order valence-corrected chi connectivity index (χ3v) is 4.01. The molecule has 6 heteroatoms. The smallest absolute Gasteiger partial charge is 0.226 e. The molecular weight excluding hydrogens is 380 g/mol. The normalized spacial score (nSPS) is 10.2. The number of anilines is 2. The summed E-state index contributed by atoms with van der Waals surface area (Å²) in [5, 5.41) is 3.28. The molecule has 0 heterocycles. The number of nitrogens with one attached hydrogen (secondary N) is 1. The molecule has 0 fully saturated rings. The zero-order valence-electron chi connectivity index (χ0n) is 12.6. The summed E-state index contributed by atoms with van der Waals surface area (Å²) in [6.07, 6.45) is 0.178. The molecule has 0 aromatic heterocycles. The van der Waals surface area contributed by atoms with Gasteiger partial charge in [-0.3, -0.25) is 9.59 Å². The number of hydrogen-bond acceptors (Lipinski definition) is 2. The molecule has 0 saturated heterocycles. The molecule has 0 bridgehead atoms. The summed E-state index contributed by atoms with van der Waals surface area (Å²) < 4.78 is 0.886. The van der Waals surface area contributed by atoms with E-state index in [-0.39, 0.29) is 24.8 Å². The molecule has 0 aliphatic rings. The van der Waals surface area contributed by atoms with Crippen LogP contribution in [0.5, 0.6) is 0 Å². The van der Waals surface area contributed by atoms with Crippen molar-refractivity contribution in [3.8, 4) is 0 Å². The van der Waals surface area contributed by atoms with Gasteiger partial charge in [0, 0.05) is 30.0 Å². The second kappa shape index (κ2) is 8.13. The van der Waals surface area contributed by atoms with E-state index < -0.39 is 0 Å². The molecular formula is C17H16BrClN2O2. The largest absolute Gasteiger partial charge is 0.326 e. The minimum atomic E-state index is -0.165. The van der Waals surface area contributed by atoms with Crippen LogP contribution in [0.2, 0.25) is 5.02 Å². The lowest BCUT2D eigenvalue weighted by molar-refractivity contribution is -0.117. The van der Waals surface area contributed by atoms with E-state index in [1.165, 1.54) is 11.8 Å². The third kappa shape index (κ3) is 5.08. The fourth-order valence-electron chi connectivity index (χ4n) is 2.12. The monoisotopic (exact) mass is 394 g/mol. The predicted octanol–water partition coefficient (Wildman–Crippen LogP) is 4.48. The highest BCUT2D eigenvalue weighted by molar-refractivity contribution is 9.10. The maximum atomic E-state index is 12.1. The van der Waals surface area contributed by atoms with Crippen molar-refractivity contribution in [2.24, 2.45) is 0 Å². The van der Waals surface area contributed by atoms with Gasteiger partial charge in [-0.05, 0) is 30.3 Å². The number of nitrogens with zero attached hydrogens (tertiary/aromatic N) is 1. The second-order valence-corrected chi connectivity index (χ2v) is 6.25. The first kappa shape index (κ1) is 17.5.